The van der Waals surface area contributed by atoms with Crippen molar-refractivity contribution in [2.24, 2.45) is 92.7 Å². The fraction of sp³-hybridized carbons (Fsp3) is 0.958. The van der Waals surface area contributed by atoms with Crippen molar-refractivity contribution in [1.29, 1.82) is 0 Å². The first-order chi connectivity index (χ1) is 25.6. The van der Waals surface area contributed by atoms with Crippen LogP contribution in [0.2, 0.25) is 0 Å². The molecule has 6 nitrogen and oxygen atoms in total. The number of aliphatic hydroxyl groups excluding tert-OH is 2. The third kappa shape index (κ3) is 6.46. The molecule has 8 rings (SSSR count). The monoisotopic (exact) mass is 751 g/mol. The van der Waals surface area contributed by atoms with Crippen LogP contribution in [0.25, 0.3) is 0 Å². The number of hydrogen-bond donors (Lipinski definition) is 3. The summed E-state index contributed by atoms with van der Waals surface area (Å²) in [7, 11) is 0. The van der Waals surface area contributed by atoms with Crippen molar-refractivity contribution in [2.75, 3.05) is 0 Å². The largest absolute Gasteiger partial charge is 0.481 e. The number of rotatable bonds is 9. The maximum Gasteiger partial charge on any atom is 0.306 e. The molecule has 306 valence electrons. The van der Waals surface area contributed by atoms with Gasteiger partial charge in [-0.3, -0.25) is 9.59 Å². The van der Waals surface area contributed by atoms with Crippen molar-refractivity contribution in [3.63, 3.8) is 0 Å². The highest BCUT2D eigenvalue weighted by Crippen LogP contribution is 2.70. The van der Waals surface area contributed by atoms with Crippen molar-refractivity contribution in [3.05, 3.63) is 0 Å². The molecule has 0 bridgehead atoms. The molecule has 0 aliphatic heterocycles. The first-order valence-corrected chi connectivity index (χ1v) is 23.4. The Morgan fingerprint density at radius 2 is 1.15 bits per heavy atom. The van der Waals surface area contributed by atoms with E-state index >= 15 is 0 Å². The summed E-state index contributed by atoms with van der Waals surface area (Å²) < 4.78 is 6.36. The summed E-state index contributed by atoms with van der Waals surface area (Å²) in [5.74, 6) is 6.88. The maximum absolute atomic E-state index is 13.5. The van der Waals surface area contributed by atoms with Gasteiger partial charge < -0.3 is 20.1 Å². The second-order valence-electron chi connectivity index (χ2n) is 22.6. The van der Waals surface area contributed by atoms with Crippen LogP contribution in [0.3, 0.4) is 0 Å². The number of esters is 1. The van der Waals surface area contributed by atoms with Crippen LogP contribution in [0.4, 0.5) is 0 Å². The lowest BCUT2D eigenvalue weighted by Gasteiger charge is -2.62. The smallest absolute Gasteiger partial charge is 0.306 e. The zero-order valence-corrected chi connectivity index (χ0v) is 35.1. The third-order valence-electron chi connectivity index (χ3n) is 20.7. The average molecular weight is 751 g/mol. The zero-order valence-electron chi connectivity index (χ0n) is 35.1. The summed E-state index contributed by atoms with van der Waals surface area (Å²) >= 11 is 0. The van der Waals surface area contributed by atoms with Gasteiger partial charge in [0.15, 0.2) is 0 Å². The molecule has 0 aromatic heterocycles. The minimum absolute atomic E-state index is 0.0313. The molecule has 5 unspecified atom stereocenters. The van der Waals surface area contributed by atoms with Gasteiger partial charge in [-0.05, 0) is 215 Å². The Morgan fingerprint density at radius 1 is 0.593 bits per heavy atom. The zero-order chi connectivity index (χ0) is 38.4. The van der Waals surface area contributed by atoms with Crippen LogP contribution in [0.5, 0.6) is 0 Å². The second-order valence-corrected chi connectivity index (χ2v) is 22.6. The van der Waals surface area contributed by atoms with E-state index in [4.69, 9.17) is 4.74 Å². The van der Waals surface area contributed by atoms with Crippen molar-refractivity contribution in [2.45, 2.75) is 195 Å². The fourth-order valence-corrected chi connectivity index (χ4v) is 17.9. The van der Waals surface area contributed by atoms with E-state index in [2.05, 4.69) is 41.5 Å². The summed E-state index contributed by atoms with van der Waals surface area (Å²) in [4.78, 5) is 24.8. The molecule has 0 spiro atoms. The van der Waals surface area contributed by atoms with Crippen LogP contribution in [0.1, 0.15) is 176 Å². The van der Waals surface area contributed by atoms with E-state index in [1.807, 2.05) is 0 Å². The predicted octanol–water partition coefficient (Wildman–Crippen LogP) is 10.5. The van der Waals surface area contributed by atoms with E-state index < -0.39 is 5.97 Å². The molecule has 0 saturated heterocycles. The van der Waals surface area contributed by atoms with Crippen LogP contribution in [-0.2, 0) is 14.3 Å². The van der Waals surface area contributed by atoms with E-state index in [-0.39, 0.29) is 35.6 Å². The topological polar surface area (TPSA) is 104 Å². The minimum atomic E-state index is -0.654. The van der Waals surface area contributed by atoms with Gasteiger partial charge in [0, 0.05) is 12.8 Å². The van der Waals surface area contributed by atoms with Gasteiger partial charge in [-0.15, -0.1) is 0 Å². The Kier molecular flexibility index (Phi) is 10.7. The van der Waals surface area contributed by atoms with Crippen molar-refractivity contribution in [1.82, 2.24) is 0 Å². The summed E-state index contributed by atoms with van der Waals surface area (Å²) in [6.07, 6.45) is 21.9. The second kappa shape index (κ2) is 14.6. The van der Waals surface area contributed by atoms with E-state index in [0.29, 0.717) is 76.4 Å². The standard InChI is InChI=1S/C48H78O6/c1-28(7-15-43(51)52)35-11-13-37-33-10-9-30-25-32(18-22-45(30,3)39(33)19-23-46(35,37)4)54-44(53)16-8-29(2)36-12-14-38-34-27-42(50)41-26-31(49)17-21-48(41,6)40(34)20-24-47(36,38)5/h28-42,49-50H,7-27H2,1-6H3,(H,51,52)/t28-,29-,30?,31-,32-,33+,34?,35-,36-,37+,38?,39+,40?,41?,42+,45+,46-,47-,48-/m1/s1. The third-order valence-corrected chi connectivity index (χ3v) is 20.7. The number of carbonyl (C=O) groups is 2. The van der Waals surface area contributed by atoms with Gasteiger partial charge in [0.1, 0.15) is 6.10 Å². The van der Waals surface area contributed by atoms with E-state index in [0.717, 1.165) is 69.1 Å². The molecule has 8 aliphatic rings. The molecule has 3 N–H and O–H groups in total. The SMILES string of the molecule is C[C@H](CCC(=O)O)[C@H]1CC[C@H]2[C@@H]3CCC4C[C@H](OC(=O)CC[C@@H](C)[C@H]5CCC6C7C[C@H](O)C8C[C@H](O)CC[C@]8(C)C7CC[C@@]65C)CC[C@]4(C)[C@H]3CC[C@]12C. The lowest BCUT2D eigenvalue weighted by atomic mass is 9.44. The number of fused-ring (bicyclic) bond motifs is 10. The molecule has 0 heterocycles. The molecule has 8 aliphatic carbocycles. The molecule has 0 radical (unpaired) electrons. The maximum atomic E-state index is 13.5. The van der Waals surface area contributed by atoms with Crippen LogP contribution in [0, 0.1) is 92.7 Å². The molecule has 19 atom stereocenters. The Labute approximate surface area is 328 Å². The van der Waals surface area contributed by atoms with Gasteiger partial charge in [-0.25, -0.2) is 0 Å². The normalized spacial score (nSPS) is 52.0. The fourth-order valence-electron chi connectivity index (χ4n) is 17.9. The van der Waals surface area contributed by atoms with Crippen molar-refractivity contribution < 1.29 is 29.6 Å². The molecule has 6 heteroatoms. The molecular weight excluding hydrogens is 673 g/mol. The first-order valence-electron chi connectivity index (χ1n) is 23.4. The van der Waals surface area contributed by atoms with Crippen molar-refractivity contribution >= 4 is 11.9 Å². The van der Waals surface area contributed by atoms with Crippen molar-refractivity contribution in [3.8, 4) is 0 Å². The van der Waals surface area contributed by atoms with Gasteiger partial charge >= 0.3 is 11.9 Å². The number of hydrogen-bond acceptors (Lipinski definition) is 5. The van der Waals surface area contributed by atoms with E-state index in [9.17, 15) is 24.9 Å². The average Bonchev–Trinajstić information content (AvgIpc) is 3.67. The Balaban J connectivity index is 0.829. The van der Waals surface area contributed by atoms with Gasteiger partial charge in [-0.1, -0.05) is 41.5 Å². The molecule has 0 aromatic rings. The summed E-state index contributed by atoms with van der Waals surface area (Å²) in [6.45, 7) is 14.9. The van der Waals surface area contributed by atoms with E-state index in [1.165, 1.54) is 70.6 Å². The molecule has 8 fully saturated rings. The number of aliphatic carboxylic acids is 1. The minimum Gasteiger partial charge on any atom is -0.481 e. The Bertz CT molecular complexity index is 1400. The predicted molar refractivity (Wildman–Crippen MR) is 212 cm³/mol. The number of ether oxygens (including phenoxy) is 1. The van der Waals surface area contributed by atoms with Gasteiger partial charge in [0.2, 0.25) is 0 Å². The van der Waals surface area contributed by atoms with Gasteiger partial charge in [-0.2, -0.15) is 0 Å². The highest BCUT2D eigenvalue weighted by Gasteiger charge is 2.63. The van der Waals surface area contributed by atoms with Crippen LogP contribution >= 0.6 is 0 Å². The quantitative estimate of drug-likeness (QED) is 0.203. The summed E-state index contributed by atoms with van der Waals surface area (Å²) in [6, 6.07) is 0. The lowest BCUT2D eigenvalue weighted by Crippen LogP contribution is -2.58. The van der Waals surface area contributed by atoms with Crippen LogP contribution in [-0.4, -0.2) is 45.6 Å². The Morgan fingerprint density at radius 3 is 1.80 bits per heavy atom. The molecule has 0 amide bonds. The van der Waals surface area contributed by atoms with Gasteiger partial charge in [0.25, 0.3) is 0 Å². The molecular formula is C48H78O6. The van der Waals surface area contributed by atoms with Gasteiger partial charge in [0.05, 0.1) is 12.2 Å². The number of aliphatic hydroxyl groups is 2. The van der Waals surface area contributed by atoms with Crippen LogP contribution in [0.15, 0.2) is 0 Å². The number of carbonyl (C=O) groups excluding carboxylic acids is 1. The highest BCUT2D eigenvalue weighted by atomic mass is 16.5. The molecule has 8 saturated carbocycles. The first kappa shape index (κ1) is 39.7. The highest BCUT2D eigenvalue weighted by molar-refractivity contribution is 5.69. The molecule has 54 heavy (non-hydrogen) atoms. The summed E-state index contributed by atoms with van der Waals surface area (Å²) in [5, 5.41) is 31.2. The molecule has 0 aromatic carbocycles. The number of carboxylic acid groups (broad SMARTS) is 1. The lowest BCUT2D eigenvalue weighted by molar-refractivity contribution is -0.172. The number of carboxylic acids is 1. The van der Waals surface area contributed by atoms with Crippen LogP contribution < -0.4 is 0 Å². The Hall–Kier alpha value is -1.14. The van der Waals surface area contributed by atoms with E-state index in [1.54, 1.807) is 0 Å². The summed E-state index contributed by atoms with van der Waals surface area (Å²) in [5.41, 5.74) is 1.17.